The molecule has 4 heterocycles. The molecule has 3 aromatic carbocycles. The highest BCUT2D eigenvalue weighted by Crippen LogP contribution is 2.39. The zero-order chi connectivity index (χ0) is 32.7. The lowest BCUT2D eigenvalue weighted by atomic mass is 9.98. The summed E-state index contributed by atoms with van der Waals surface area (Å²) < 4.78 is 13.4. The number of ether oxygens (including phenoxy) is 2. The maximum absolute atomic E-state index is 12.5. The van der Waals surface area contributed by atoms with E-state index in [0.29, 0.717) is 18.2 Å². The van der Waals surface area contributed by atoms with E-state index in [1.807, 2.05) is 24.3 Å². The second-order valence-electron chi connectivity index (χ2n) is 13.4. The summed E-state index contributed by atoms with van der Waals surface area (Å²) in [7, 11) is 0. The van der Waals surface area contributed by atoms with Crippen molar-refractivity contribution in [3.63, 3.8) is 0 Å². The van der Waals surface area contributed by atoms with E-state index in [-0.39, 0.29) is 24.7 Å². The first-order chi connectivity index (χ1) is 23.6. The quantitative estimate of drug-likeness (QED) is 0.199. The Labute approximate surface area is 283 Å². The number of likely N-dealkylation sites (tertiary alicyclic amines) is 2. The van der Waals surface area contributed by atoms with E-state index in [0.717, 1.165) is 59.4 Å². The van der Waals surface area contributed by atoms with Crippen molar-refractivity contribution in [3.8, 4) is 11.1 Å². The summed E-state index contributed by atoms with van der Waals surface area (Å²) in [4.78, 5) is 21.9. The number of amides is 1. The van der Waals surface area contributed by atoms with Crippen LogP contribution in [0.4, 0.5) is 0 Å². The standard InChI is InChI=1S/C40H46N4O4/c45-28-29-10-12-32(13-11-29)38-23-37(27-44-21-5-9-36(44)26-43-19-1-2-20-43)47-40(48-38)33-16-14-31(15-17-33)34-7-3-6-30(22-34)24-42-39(46)35-8-4-18-41-25-35/h3-4,6-8,10-18,22,25,36-38,40,45H,1-2,5,9,19-21,23-24,26-28H2,(H,42,46)/t36-,37+,38-,40-/m0/s1. The van der Waals surface area contributed by atoms with Crippen LogP contribution in [-0.4, -0.2) is 70.7 Å². The third-order valence-electron chi connectivity index (χ3n) is 10.0. The summed E-state index contributed by atoms with van der Waals surface area (Å²) in [6, 6.07) is 28.9. The summed E-state index contributed by atoms with van der Waals surface area (Å²) in [5.74, 6) is -0.141. The van der Waals surface area contributed by atoms with Gasteiger partial charge in [-0.15, -0.1) is 0 Å². The van der Waals surface area contributed by atoms with Gasteiger partial charge in [-0.1, -0.05) is 66.7 Å². The van der Waals surface area contributed by atoms with Crippen LogP contribution in [0.15, 0.2) is 97.3 Å². The average Bonchev–Trinajstić information content (AvgIpc) is 3.83. The molecule has 2 N–H and O–H groups in total. The predicted molar refractivity (Wildman–Crippen MR) is 186 cm³/mol. The third-order valence-corrected chi connectivity index (χ3v) is 10.0. The van der Waals surface area contributed by atoms with Crippen LogP contribution in [0.1, 0.15) is 77.1 Å². The van der Waals surface area contributed by atoms with E-state index >= 15 is 0 Å². The van der Waals surface area contributed by atoms with Crippen molar-refractivity contribution in [3.05, 3.63) is 125 Å². The highest BCUT2D eigenvalue weighted by molar-refractivity contribution is 5.93. The number of rotatable bonds is 11. The Kier molecular flexibility index (Phi) is 10.6. The van der Waals surface area contributed by atoms with Crippen molar-refractivity contribution in [2.75, 3.05) is 32.7 Å². The molecule has 4 aromatic rings. The maximum atomic E-state index is 12.5. The lowest BCUT2D eigenvalue weighted by Crippen LogP contribution is -2.45. The Morgan fingerprint density at radius 2 is 1.65 bits per heavy atom. The van der Waals surface area contributed by atoms with Crippen LogP contribution < -0.4 is 5.32 Å². The van der Waals surface area contributed by atoms with E-state index in [1.165, 1.54) is 38.8 Å². The Hall–Kier alpha value is -3.92. The van der Waals surface area contributed by atoms with Gasteiger partial charge < -0.3 is 24.8 Å². The topological polar surface area (TPSA) is 87.2 Å². The summed E-state index contributed by atoms with van der Waals surface area (Å²) in [6.07, 6.45) is 8.65. The summed E-state index contributed by atoms with van der Waals surface area (Å²) in [5.41, 5.74) is 6.75. The van der Waals surface area contributed by atoms with Gasteiger partial charge in [0.2, 0.25) is 0 Å². The molecule has 1 amide bonds. The van der Waals surface area contributed by atoms with E-state index in [1.54, 1.807) is 24.5 Å². The van der Waals surface area contributed by atoms with E-state index in [2.05, 4.69) is 68.6 Å². The number of nitrogens with zero attached hydrogens (tertiary/aromatic N) is 3. The lowest BCUT2D eigenvalue weighted by Gasteiger charge is -2.39. The fourth-order valence-corrected chi connectivity index (χ4v) is 7.38. The van der Waals surface area contributed by atoms with Crippen LogP contribution in [0.25, 0.3) is 11.1 Å². The minimum atomic E-state index is -0.478. The molecule has 0 saturated carbocycles. The molecule has 8 heteroatoms. The molecule has 3 fully saturated rings. The largest absolute Gasteiger partial charge is 0.392 e. The van der Waals surface area contributed by atoms with Gasteiger partial charge in [-0.25, -0.2) is 0 Å². The molecule has 7 rings (SSSR count). The molecule has 4 atom stereocenters. The normalized spacial score (nSPS) is 23.4. The maximum Gasteiger partial charge on any atom is 0.253 e. The van der Waals surface area contributed by atoms with Crippen molar-refractivity contribution in [2.45, 2.75) is 69.8 Å². The molecule has 0 radical (unpaired) electrons. The van der Waals surface area contributed by atoms with Gasteiger partial charge >= 0.3 is 0 Å². The Balaban J connectivity index is 1.05. The van der Waals surface area contributed by atoms with Crippen molar-refractivity contribution in [2.24, 2.45) is 0 Å². The van der Waals surface area contributed by atoms with Gasteiger partial charge in [-0.2, -0.15) is 0 Å². The number of hydrogen-bond acceptors (Lipinski definition) is 7. The molecule has 3 aliphatic rings. The monoisotopic (exact) mass is 646 g/mol. The van der Waals surface area contributed by atoms with Crippen molar-refractivity contribution in [1.29, 1.82) is 0 Å². The highest BCUT2D eigenvalue weighted by Gasteiger charge is 2.36. The number of aliphatic hydroxyl groups excluding tert-OH is 1. The number of aliphatic hydroxyl groups is 1. The number of nitrogens with one attached hydrogen (secondary N) is 1. The van der Waals surface area contributed by atoms with E-state index in [4.69, 9.17) is 9.47 Å². The molecule has 0 bridgehead atoms. The Bertz CT molecular complexity index is 1630. The minimum absolute atomic E-state index is 0.0306. The summed E-state index contributed by atoms with van der Waals surface area (Å²) in [6.45, 7) is 6.12. The predicted octanol–water partition coefficient (Wildman–Crippen LogP) is 6.28. The van der Waals surface area contributed by atoms with Crippen molar-refractivity contribution >= 4 is 5.91 Å². The number of pyridine rings is 1. The van der Waals surface area contributed by atoms with E-state index < -0.39 is 6.29 Å². The SMILES string of the molecule is O=C(NCc1cccc(-c2ccc([C@H]3O[C@@H](CN4CCC[C@H]4CN4CCCC4)C[C@@H](c4ccc(CO)cc4)O3)cc2)c1)c1cccnc1. The summed E-state index contributed by atoms with van der Waals surface area (Å²) in [5, 5.41) is 12.6. The van der Waals surface area contributed by atoms with Crippen LogP contribution in [0, 0.1) is 0 Å². The third kappa shape index (κ3) is 8.02. The number of carbonyl (C=O) groups excluding carboxylic acids is 1. The summed E-state index contributed by atoms with van der Waals surface area (Å²) >= 11 is 0. The molecule has 0 unspecified atom stereocenters. The fourth-order valence-electron chi connectivity index (χ4n) is 7.38. The number of benzene rings is 3. The van der Waals surface area contributed by atoms with Gasteiger partial charge in [0, 0.05) is 50.1 Å². The number of aromatic nitrogens is 1. The molecular weight excluding hydrogens is 600 g/mol. The zero-order valence-electron chi connectivity index (χ0n) is 27.5. The zero-order valence-corrected chi connectivity index (χ0v) is 27.5. The van der Waals surface area contributed by atoms with Crippen LogP contribution >= 0.6 is 0 Å². The number of carbonyl (C=O) groups is 1. The van der Waals surface area contributed by atoms with Gasteiger partial charge in [-0.05, 0) is 91.3 Å². The van der Waals surface area contributed by atoms with Crippen LogP contribution in [0.2, 0.25) is 0 Å². The average molecular weight is 647 g/mol. The molecule has 3 aliphatic heterocycles. The van der Waals surface area contributed by atoms with Gasteiger partial charge in [0.1, 0.15) is 0 Å². The van der Waals surface area contributed by atoms with Gasteiger partial charge in [0.05, 0.1) is 24.4 Å². The van der Waals surface area contributed by atoms with E-state index in [9.17, 15) is 9.90 Å². The molecule has 1 aromatic heterocycles. The fraction of sp³-hybridized carbons (Fsp3) is 0.400. The second-order valence-corrected chi connectivity index (χ2v) is 13.4. The molecule has 8 nitrogen and oxygen atoms in total. The number of hydrogen-bond donors (Lipinski definition) is 2. The molecule has 0 aliphatic carbocycles. The second kappa shape index (κ2) is 15.5. The molecule has 3 saturated heterocycles. The van der Waals surface area contributed by atoms with Crippen molar-refractivity contribution < 1.29 is 19.4 Å². The first-order valence-electron chi connectivity index (χ1n) is 17.5. The first-order valence-corrected chi connectivity index (χ1v) is 17.5. The van der Waals surface area contributed by atoms with Gasteiger partial charge in [-0.3, -0.25) is 14.7 Å². The molecular formula is C40H46N4O4. The molecule has 0 spiro atoms. The highest BCUT2D eigenvalue weighted by atomic mass is 16.7. The minimum Gasteiger partial charge on any atom is -0.392 e. The lowest BCUT2D eigenvalue weighted by molar-refractivity contribution is -0.253. The molecule has 48 heavy (non-hydrogen) atoms. The van der Waals surface area contributed by atoms with Crippen LogP contribution in [0.3, 0.4) is 0 Å². The van der Waals surface area contributed by atoms with Crippen LogP contribution in [-0.2, 0) is 22.6 Å². The Morgan fingerprint density at radius 1 is 0.833 bits per heavy atom. The smallest absolute Gasteiger partial charge is 0.253 e. The van der Waals surface area contributed by atoms with Gasteiger partial charge in [0.15, 0.2) is 6.29 Å². The van der Waals surface area contributed by atoms with Crippen LogP contribution in [0.5, 0.6) is 0 Å². The van der Waals surface area contributed by atoms with Gasteiger partial charge in [0.25, 0.3) is 5.91 Å². The van der Waals surface area contributed by atoms with Crippen molar-refractivity contribution in [1.82, 2.24) is 20.1 Å². The molecule has 250 valence electrons. The Morgan fingerprint density at radius 3 is 2.42 bits per heavy atom. The first kappa shape index (κ1) is 32.6.